The molecular formula is C13H13BrN4O. The Morgan fingerprint density at radius 3 is 2.58 bits per heavy atom. The van der Waals surface area contributed by atoms with Gasteiger partial charge >= 0.3 is 0 Å². The van der Waals surface area contributed by atoms with Crippen molar-refractivity contribution >= 4 is 38.9 Å². The van der Waals surface area contributed by atoms with E-state index in [1.54, 1.807) is 36.7 Å². The van der Waals surface area contributed by atoms with Crippen LogP contribution in [0.3, 0.4) is 0 Å². The molecule has 0 radical (unpaired) electrons. The van der Waals surface area contributed by atoms with Crippen molar-refractivity contribution in [2.75, 3.05) is 16.2 Å². The van der Waals surface area contributed by atoms with Gasteiger partial charge in [0.2, 0.25) is 5.91 Å². The Labute approximate surface area is 119 Å². The maximum atomic E-state index is 11.7. The van der Waals surface area contributed by atoms with Gasteiger partial charge in [0.05, 0.1) is 11.4 Å². The maximum Gasteiger partial charge on any atom is 0.242 e. The Bertz CT molecular complexity index is 568. The number of rotatable bonds is 3. The highest BCUT2D eigenvalue weighted by Gasteiger charge is 2.11. The Morgan fingerprint density at radius 1 is 1.32 bits per heavy atom. The van der Waals surface area contributed by atoms with E-state index in [0.29, 0.717) is 11.4 Å². The molecule has 0 aliphatic rings. The second-order valence-electron chi connectivity index (χ2n) is 3.94. The van der Waals surface area contributed by atoms with Gasteiger partial charge in [-0.2, -0.15) is 0 Å². The molecule has 0 aliphatic carbocycles. The molecule has 1 aromatic carbocycles. The largest absolute Gasteiger partial charge is 0.399 e. The monoisotopic (exact) mass is 320 g/mol. The van der Waals surface area contributed by atoms with Gasteiger partial charge in [-0.05, 0) is 30.3 Å². The lowest BCUT2D eigenvalue weighted by molar-refractivity contribution is -0.116. The van der Waals surface area contributed by atoms with Crippen LogP contribution in [0.15, 0.2) is 47.2 Å². The van der Waals surface area contributed by atoms with E-state index in [4.69, 9.17) is 5.73 Å². The van der Waals surface area contributed by atoms with E-state index in [9.17, 15) is 4.79 Å². The minimum absolute atomic E-state index is 0.134. The second-order valence-corrected chi connectivity index (χ2v) is 4.86. The smallest absolute Gasteiger partial charge is 0.242 e. The molecule has 19 heavy (non-hydrogen) atoms. The summed E-state index contributed by atoms with van der Waals surface area (Å²) in [4.78, 5) is 15.6. The summed E-state index contributed by atoms with van der Waals surface area (Å²) < 4.78 is 0.841. The van der Waals surface area contributed by atoms with Crippen LogP contribution in [0.25, 0.3) is 0 Å². The zero-order chi connectivity index (χ0) is 13.8. The zero-order valence-electron chi connectivity index (χ0n) is 10.3. The van der Waals surface area contributed by atoms with Crippen molar-refractivity contribution < 1.29 is 4.79 Å². The maximum absolute atomic E-state index is 11.7. The lowest BCUT2D eigenvalue weighted by Crippen LogP contribution is -2.34. The van der Waals surface area contributed by atoms with Crippen molar-refractivity contribution in [1.29, 1.82) is 0 Å². The van der Waals surface area contributed by atoms with Gasteiger partial charge in [-0.3, -0.25) is 15.2 Å². The normalized spacial score (nSPS) is 10.0. The van der Waals surface area contributed by atoms with Gasteiger partial charge in [-0.1, -0.05) is 15.9 Å². The van der Waals surface area contributed by atoms with Crippen molar-refractivity contribution in [3.8, 4) is 0 Å². The van der Waals surface area contributed by atoms with Crippen molar-refractivity contribution in [2.24, 2.45) is 0 Å². The summed E-state index contributed by atoms with van der Waals surface area (Å²) in [6.07, 6.45) is 3.25. The third-order valence-corrected chi connectivity index (χ3v) is 2.85. The van der Waals surface area contributed by atoms with Crippen molar-refractivity contribution in [2.45, 2.75) is 6.92 Å². The summed E-state index contributed by atoms with van der Waals surface area (Å²) in [5, 5.41) is 1.43. The highest BCUT2D eigenvalue weighted by molar-refractivity contribution is 9.10. The van der Waals surface area contributed by atoms with Crippen LogP contribution >= 0.6 is 15.9 Å². The number of nitrogens with zero attached hydrogens (tertiary/aromatic N) is 2. The highest BCUT2D eigenvalue weighted by Crippen LogP contribution is 2.23. The summed E-state index contributed by atoms with van der Waals surface area (Å²) in [6.45, 7) is 1.48. The topological polar surface area (TPSA) is 71.2 Å². The van der Waals surface area contributed by atoms with Crippen LogP contribution in [0.4, 0.5) is 17.1 Å². The molecule has 0 unspecified atom stereocenters. The highest BCUT2D eigenvalue weighted by atomic mass is 79.9. The number of carbonyl (C=O) groups is 1. The van der Waals surface area contributed by atoms with E-state index in [1.807, 2.05) is 6.07 Å². The van der Waals surface area contributed by atoms with Gasteiger partial charge in [0.15, 0.2) is 0 Å². The number of hydrogen-bond acceptors (Lipinski definition) is 4. The first-order valence-electron chi connectivity index (χ1n) is 5.60. The van der Waals surface area contributed by atoms with Crippen LogP contribution in [-0.4, -0.2) is 10.9 Å². The Balaban J connectivity index is 2.29. The number of carbonyl (C=O) groups excluding carboxylic acids is 1. The van der Waals surface area contributed by atoms with E-state index in [2.05, 4.69) is 26.3 Å². The standard InChI is InChI=1S/C13H13BrN4O/c1-9(19)18(13-2-4-16-5-3-13)17-12-7-10(14)6-11(15)8-12/h2-8,17H,15H2,1H3. The van der Waals surface area contributed by atoms with Crippen molar-refractivity contribution in [3.63, 3.8) is 0 Å². The fourth-order valence-corrected chi connectivity index (χ4v) is 2.14. The number of hydrazine groups is 1. The van der Waals surface area contributed by atoms with E-state index in [1.165, 1.54) is 11.9 Å². The number of anilines is 3. The van der Waals surface area contributed by atoms with Crippen LogP contribution in [0.1, 0.15) is 6.92 Å². The van der Waals surface area contributed by atoms with Gasteiger partial charge < -0.3 is 5.73 Å². The van der Waals surface area contributed by atoms with Crippen molar-refractivity contribution in [1.82, 2.24) is 4.98 Å². The van der Waals surface area contributed by atoms with Gasteiger partial charge in [0.25, 0.3) is 0 Å². The van der Waals surface area contributed by atoms with Gasteiger partial charge in [0.1, 0.15) is 0 Å². The molecule has 0 fully saturated rings. The number of nitrogens with two attached hydrogens (primary N) is 1. The summed E-state index contributed by atoms with van der Waals surface area (Å²) in [6, 6.07) is 8.87. The van der Waals surface area contributed by atoms with Gasteiger partial charge in [-0.15, -0.1) is 0 Å². The molecule has 98 valence electrons. The molecule has 0 saturated carbocycles. The third kappa shape index (κ3) is 3.45. The predicted molar refractivity (Wildman–Crippen MR) is 79.6 cm³/mol. The van der Waals surface area contributed by atoms with E-state index >= 15 is 0 Å². The summed E-state index contributed by atoms with van der Waals surface area (Å²) in [5.74, 6) is -0.134. The molecule has 0 atom stereocenters. The molecule has 1 amide bonds. The molecule has 0 bridgehead atoms. The number of amides is 1. The molecule has 0 saturated heterocycles. The number of hydrogen-bond donors (Lipinski definition) is 2. The minimum atomic E-state index is -0.134. The van der Waals surface area contributed by atoms with E-state index in [0.717, 1.165) is 10.2 Å². The molecule has 0 aliphatic heterocycles. The Kier molecular flexibility index (Phi) is 4.01. The van der Waals surface area contributed by atoms with Gasteiger partial charge in [-0.25, -0.2) is 5.01 Å². The number of halogens is 1. The second kappa shape index (κ2) is 5.71. The minimum Gasteiger partial charge on any atom is -0.399 e. The Hall–Kier alpha value is -2.08. The molecule has 5 nitrogen and oxygen atoms in total. The number of pyridine rings is 1. The molecule has 6 heteroatoms. The molecule has 1 heterocycles. The average molecular weight is 321 g/mol. The number of aromatic nitrogens is 1. The quantitative estimate of drug-likeness (QED) is 0.674. The molecule has 1 aromatic heterocycles. The first kappa shape index (κ1) is 13.4. The van der Waals surface area contributed by atoms with Crippen LogP contribution in [-0.2, 0) is 4.79 Å². The van der Waals surface area contributed by atoms with Crippen LogP contribution < -0.4 is 16.2 Å². The molecular weight excluding hydrogens is 308 g/mol. The molecule has 0 spiro atoms. The van der Waals surface area contributed by atoms with Gasteiger partial charge in [0, 0.05) is 29.5 Å². The zero-order valence-corrected chi connectivity index (χ0v) is 11.9. The first-order chi connectivity index (χ1) is 9.06. The fourth-order valence-electron chi connectivity index (χ4n) is 1.62. The summed E-state index contributed by atoms with van der Waals surface area (Å²) in [5.41, 5.74) is 10.8. The van der Waals surface area contributed by atoms with E-state index in [-0.39, 0.29) is 5.91 Å². The van der Waals surface area contributed by atoms with Crippen LogP contribution in [0.5, 0.6) is 0 Å². The number of benzene rings is 1. The molecule has 3 N–H and O–H groups in total. The Morgan fingerprint density at radius 2 is 2.00 bits per heavy atom. The SMILES string of the molecule is CC(=O)N(Nc1cc(N)cc(Br)c1)c1ccncc1. The average Bonchev–Trinajstić information content (AvgIpc) is 2.35. The van der Waals surface area contributed by atoms with Crippen LogP contribution in [0, 0.1) is 0 Å². The first-order valence-corrected chi connectivity index (χ1v) is 6.39. The van der Waals surface area contributed by atoms with E-state index < -0.39 is 0 Å². The third-order valence-electron chi connectivity index (χ3n) is 2.40. The number of nitrogens with one attached hydrogen (secondary N) is 1. The number of nitrogen functional groups attached to an aromatic ring is 1. The lowest BCUT2D eigenvalue weighted by Gasteiger charge is -2.23. The predicted octanol–water partition coefficient (Wildman–Crippen LogP) is 2.81. The fraction of sp³-hybridized carbons (Fsp3) is 0.0769. The molecule has 2 rings (SSSR count). The molecule has 2 aromatic rings. The summed E-state index contributed by atoms with van der Waals surface area (Å²) in [7, 11) is 0. The summed E-state index contributed by atoms with van der Waals surface area (Å²) >= 11 is 3.36. The van der Waals surface area contributed by atoms with Crippen molar-refractivity contribution in [3.05, 3.63) is 47.2 Å². The van der Waals surface area contributed by atoms with Crippen LogP contribution in [0.2, 0.25) is 0 Å². The lowest BCUT2D eigenvalue weighted by atomic mass is 10.3.